The van der Waals surface area contributed by atoms with Crippen LogP contribution in [0.1, 0.15) is 12.8 Å². The van der Waals surface area contributed by atoms with Crippen LogP contribution in [0.3, 0.4) is 0 Å². The molecule has 1 aliphatic rings. The SMILES string of the molecule is Nc1ncc(N2CCCC2)c[n+]1[O-]. The van der Waals surface area contributed by atoms with Crippen molar-refractivity contribution in [3.8, 4) is 0 Å². The van der Waals surface area contributed by atoms with Crippen molar-refractivity contribution in [2.75, 3.05) is 23.7 Å². The second kappa shape index (κ2) is 3.08. The van der Waals surface area contributed by atoms with Crippen LogP contribution in [0.5, 0.6) is 0 Å². The van der Waals surface area contributed by atoms with Crippen LogP contribution in [-0.4, -0.2) is 18.1 Å². The molecule has 0 atom stereocenters. The summed E-state index contributed by atoms with van der Waals surface area (Å²) in [5.41, 5.74) is 6.17. The highest BCUT2D eigenvalue weighted by molar-refractivity contribution is 5.42. The molecule has 13 heavy (non-hydrogen) atoms. The number of hydrogen-bond acceptors (Lipinski definition) is 4. The molecule has 1 aliphatic heterocycles. The van der Waals surface area contributed by atoms with Gasteiger partial charge in [-0.2, -0.15) is 0 Å². The second-order valence-corrected chi connectivity index (χ2v) is 3.19. The molecular formula is C8H12N4O. The van der Waals surface area contributed by atoms with Crippen LogP contribution in [0.25, 0.3) is 0 Å². The molecule has 0 aliphatic carbocycles. The van der Waals surface area contributed by atoms with E-state index in [0.29, 0.717) is 4.73 Å². The van der Waals surface area contributed by atoms with Gasteiger partial charge in [0.1, 0.15) is 11.9 Å². The lowest BCUT2D eigenvalue weighted by atomic mass is 10.4. The third-order valence-corrected chi connectivity index (χ3v) is 2.28. The third-order valence-electron chi connectivity index (χ3n) is 2.28. The molecule has 5 nitrogen and oxygen atoms in total. The maximum absolute atomic E-state index is 11.1. The standard InChI is InChI=1S/C8H12N4O/c9-8-10-5-7(6-12(8)13)11-3-1-2-4-11/h5-6H,1-4H2,(H2,9,10). The van der Waals surface area contributed by atoms with Crippen molar-refractivity contribution < 1.29 is 4.73 Å². The summed E-state index contributed by atoms with van der Waals surface area (Å²) in [6.45, 7) is 2.01. The molecule has 0 spiro atoms. The number of anilines is 2. The first-order chi connectivity index (χ1) is 6.27. The molecule has 2 N–H and O–H groups in total. The topological polar surface area (TPSA) is 69.1 Å². The Kier molecular flexibility index (Phi) is 1.92. The summed E-state index contributed by atoms with van der Waals surface area (Å²) in [6, 6.07) is 0. The first kappa shape index (κ1) is 8.10. The minimum absolute atomic E-state index is 0.00273. The molecule has 1 aromatic heterocycles. The van der Waals surface area contributed by atoms with Gasteiger partial charge < -0.3 is 10.1 Å². The van der Waals surface area contributed by atoms with Gasteiger partial charge in [-0.1, -0.05) is 4.98 Å². The Hall–Kier alpha value is -1.52. The smallest absolute Gasteiger partial charge is 0.389 e. The quantitative estimate of drug-likeness (QED) is 0.484. The predicted octanol–water partition coefficient (Wildman–Crippen LogP) is -0.103. The van der Waals surface area contributed by atoms with E-state index in [9.17, 15) is 5.21 Å². The van der Waals surface area contributed by atoms with Crippen LogP contribution in [0, 0.1) is 5.21 Å². The van der Waals surface area contributed by atoms with E-state index in [0.717, 1.165) is 18.8 Å². The zero-order valence-corrected chi connectivity index (χ0v) is 7.31. The summed E-state index contributed by atoms with van der Waals surface area (Å²) in [5, 5.41) is 11.1. The Balaban J connectivity index is 2.25. The van der Waals surface area contributed by atoms with Crippen LogP contribution >= 0.6 is 0 Å². The average molecular weight is 180 g/mol. The zero-order valence-electron chi connectivity index (χ0n) is 7.31. The molecule has 1 aromatic rings. The van der Waals surface area contributed by atoms with Gasteiger partial charge in [-0.05, 0) is 12.8 Å². The number of nitrogen functional groups attached to an aromatic ring is 1. The van der Waals surface area contributed by atoms with E-state index >= 15 is 0 Å². The molecule has 70 valence electrons. The van der Waals surface area contributed by atoms with Crippen molar-refractivity contribution in [1.29, 1.82) is 0 Å². The second-order valence-electron chi connectivity index (χ2n) is 3.19. The predicted molar refractivity (Wildman–Crippen MR) is 49.1 cm³/mol. The van der Waals surface area contributed by atoms with E-state index in [1.165, 1.54) is 19.0 Å². The molecule has 5 heteroatoms. The minimum atomic E-state index is 0.00273. The zero-order chi connectivity index (χ0) is 9.26. The van der Waals surface area contributed by atoms with Gasteiger partial charge in [0.05, 0.1) is 6.20 Å². The van der Waals surface area contributed by atoms with E-state index in [4.69, 9.17) is 5.73 Å². The summed E-state index contributed by atoms with van der Waals surface area (Å²) in [4.78, 5) is 5.95. The van der Waals surface area contributed by atoms with Crippen molar-refractivity contribution in [2.45, 2.75) is 12.8 Å². The number of nitrogens with zero attached hydrogens (tertiary/aromatic N) is 3. The maximum Gasteiger partial charge on any atom is 0.389 e. The Morgan fingerprint density at radius 1 is 1.46 bits per heavy atom. The minimum Gasteiger partial charge on any atom is -0.740 e. The van der Waals surface area contributed by atoms with Gasteiger partial charge in [-0.3, -0.25) is 5.73 Å². The number of nitrogens with two attached hydrogens (primary N) is 1. The molecular weight excluding hydrogens is 168 g/mol. The van der Waals surface area contributed by atoms with Gasteiger partial charge in [-0.25, -0.2) is 4.73 Å². The molecule has 1 fully saturated rings. The van der Waals surface area contributed by atoms with E-state index in [2.05, 4.69) is 9.88 Å². The molecule has 2 heterocycles. The monoisotopic (exact) mass is 180 g/mol. The lowest BCUT2D eigenvalue weighted by Gasteiger charge is -2.16. The van der Waals surface area contributed by atoms with Gasteiger partial charge in [-0.15, -0.1) is 0 Å². The summed E-state index contributed by atoms with van der Waals surface area (Å²) >= 11 is 0. The largest absolute Gasteiger partial charge is 0.740 e. The molecule has 0 unspecified atom stereocenters. The van der Waals surface area contributed by atoms with Crippen LogP contribution < -0.4 is 15.4 Å². The maximum atomic E-state index is 11.1. The normalized spacial score (nSPS) is 16.5. The fourth-order valence-electron chi connectivity index (χ4n) is 1.55. The van der Waals surface area contributed by atoms with Gasteiger partial charge in [0, 0.05) is 13.1 Å². The molecule has 2 rings (SSSR count). The lowest BCUT2D eigenvalue weighted by Crippen LogP contribution is -2.33. The fourth-order valence-corrected chi connectivity index (χ4v) is 1.55. The molecule has 0 amide bonds. The summed E-state index contributed by atoms with van der Waals surface area (Å²) in [6.07, 6.45) is 5.50. The van der Waals surface area contributed by atoms with Crippen molar-refractivity contribution in [1.82, 2.24) is 4.98 Å². The first-order valence-electron chi connectivity index (χ1n) is 4.37. The van der Waals surface area contributed by atoms with Gasteiger partial charge in [0.25, 0.3) is 0 Å². The molecule has 1 saturated heterocycles. The number of hydrogen-bond donors (Lipinski definition) is 1. The Labute approximate surface area is 76.4 Å². The van der Waals surface area contributed by atoms with E-state index in [-0.39, 0.29) is 5.95 Å². The van der Waals surface area contributed by atoms with E-state index in [1.54, 1.807) is 6.20 Å². The third kappa shape index (κ3) is 1.49. The highest BCUT2D eigenvalue weighted by atomic mass is 16.5. The Morgan fingerprint density at radius 3 is 2.77 bits per heavy atom. The van der Waals surface area contributed by atoms with Crippen LogP contribution in [0.15, 0.2) is 12.4 Å². The highest BCUT2D eigenvalue weighted by Gasteiger charge is 2.14. The summed E-state index contributed by atoms with van der Waals surface area (Å²) in [5.74, 6) is 0.00273. The van der Waals surface area contributed by atoms with Crippen molar-refractivity contribution in [3.63, 3.8) is 0 Å². The van der Waals surface area contributed by atoms with E-state index < -0.39 is 0 Å². The Bertz CT molecular complexity index is 309. The number of rotatable bonds is 1. The van der Waals surface area contributed by atoms with Crippen molar-refractivity contribution in [3.05, 3.63) is 17.6 Å². The molecule has 0 aromatic carbocycles. The number of aromatic nitrogens is 2. The van der Waals surface area contributed by atoms with Gasteiger partial charge in [0.2, 0.25) is 0 Å². The fraction of sp³-hybridized carbons (Fsp3) is 0.500. The van der Waals surface area contributed by atoms with Gasteiger partial charge in [0.15, 0.2) is 0 Å². The van der Waals surface area contributed by atoms with Gasteiger partial charge >= 0.3 is 5.95 Å². The van der Waals surface area contributed by atoms with Crippen molar-refractivity contribution in [2.24, 2.45) is 0 Å². The molecule has 0 radical (unpaired) electrons. The summed E-state index contributed by atoms with van der Waals surface area (Å²) < 4.78 is 0.605. The van der Waals surface area contributed by atoms with E-state index in [1.807, 2.05) is 0 Å². The summed E-state index contributed by atoms with van der Waals surface area (Å²) in [7, 11) is 0. The van der Waals surface area contributed by atoms with Crippen LogP contribution in [0.2, 0.25) is 0 Å². The lowest BCUT2D eigenvalue weighted by molar-refractivity contribution is -0.592. The van der Waals surface area contributed by atoms with Crippen LogP contribution in [-0.2, 0) is 0 Å². The van der Waals surface area contributed by atoms with Crippen LogP contribution in [0.4, 0.5) is 11.6 Å². The van der Waals surface area contributed by atoms with Crippen molar-refractivity contribution >= 4 is 11.6 Å². The average Bonchev–Trinajstić information content (AvgIpc) is 2.62. The Morgan fingerprint density at radius 2 is 2.15 bits per heavy atom. The highest BCUT2D eigenvalue weighted by Crippen LogP contribution is 2.17. The molecule has 0 bridgehead atoms. The molecule has 0 saturated carbocycles. The first-order valence-corrected chi connectivity index (χ1v) is 4.37.